The summed E-state index contributed by atoms with van der Waals surface area (Å²) in [7, 11) is 0. The van der Waals surface area contributed by atoms with Gasteiger partial charge in [-0.15, -0.1) is 0 Å². The molecule has 1 aromatic heterocycles. The normalized spacial score (nSPS) is 18.9. The highest BCUT2D eigenvalue weighted by Gasteiger charge is 2.35. The van der Waals surface area contributed by atoms with Gasteiger partial charge in [-0.05, 0) is 40.9 Å². The molecular formula is C22H25BrF3N5O5. The Kier molecular flexibility index (Phi) is 8.41. The minimum atomic E-state index is -4.42. The van der Waals surface area contributed by atoms with Gasteiger partial charge in [0, 0.05) is 48.2 Å². The summed E-state index contributed by atoms with van der Waals surface area (Å²) in [4.78, 5) is 28.8. The third-order valence-electron chi connectivity index (χ3n) is 5.79. The number of piperazine rings is 1. The number of halogens is 4. The second-order valence-corrected chi connectivity index (χ2v) is 9.57. The SMILES string of the molecule is C[C@](O)(CN1CCN(C(=O)O)CC1CC=Cc1ccc(C(F)(F)F)cc1)Cn1cc([N+](=O)[O-])nc1Br. The number of nitrogens with zero attached hydrogens (tertiary/aromatic N) is 5. The van der Waals surface area contributed by atoms with Crippen LogP contribution in [-0.2, 0) is 12.7 Å². The Morgan fingerprint density at radius 2 is 1.94 bits per heavy atom. The van der Waals surface area contributed by atoms with E-state index in [0.717, 1.165) is 12.1 Å². The number of aliphatic hydroxyl groups is 1. The summed E-state index contributed by atoms with van der Waals surface area (Å²) in [6.45, 7) is 2.50. The molecule has 0 bridgehead atoms. The number of β-amino-alcohol motifs (C(OH)–C–C–N with tert-alkyl or cyclic N) is 1. The lowest BCUT2D eigenvalue weighted by molar-refractivity contribution is -0.389. The van der Waals surface area contributed by atoms with Gasteiger partial charge in [0.2, 0.25) is 0 Å². The van der Waals surface area contributed by atoms with Crippen molar-refractivity contribution in [1.29, 1.82) is 0 Å². The molecule has 2 N–H and O–H groups in total. The summed E-state index contributed by atoms with van der Waals surface area (Å²) in [6, 6.07) is 4.40. The maximum Gasteiger partial charge on any atom is 0.416 e. The van der Waals surface area contributed by atoms with E-state index in [1.165, 1.54) is 27.8 Å². The lowest BCUT2D eigenvalue weighted by Crippen LogP contribution is -2.58. The number of carboxylic acid groups (broad SMARTS) is 1. The molecule has 2 atom stereocenters. The van der Waals surface area contributed by atoms with E-state index in [9.17, 15) is 38.3 Å². The minimum Gasteiger partial charge on any atom is -0.465 e. The predicted octanol–water partition coefficient (Wildman–Crippen LogP) is 4.09. The number of benzene rings is 1. The van der Waals surface area contributed by atoms with Gasteiger partial charge < -0.3 is 25.2 Å². The quantitative estimate of drug-likeness (QED) is 0.358. The summed E-state index contributed by atoms with van der Waals surface area (Å²) in [5.41, 5.74) is -1.51. The molecule has 0 aliphatic carbocycles. The number of alkyl halides is 3. The van der Waals surface area contributed by atoms with Crippen LogP contribution in [-0.4, -0.2) is 78.4 Å². The van der Waals surface area contributed by atoms with E-state index in [0.29, 0.717) is 18.5 Å². The first-order chi connectivity index (χ1) is 16.7. The summed E-state index contributed by atoms with van der Waals surface area (Å²) in [5, 5.41) is 31.5. The van der Waals surface area contributed by atoms with E-state index in [1.54, 1.807) is 19.1 Å². The lowest BCUT2D eigenvalue weighted by Gasteiger charge is -2.43. The number of hydrogen-bond acceptors (Lipinski definition) is 6. The number of carbonyl (C=O) groups is 1. The lowest BCUT2D eigenvalue weighted by atomic mass is 10.0. The van der Waals surface area contributed by atoms with Crippen molar-refractivity contribution in [3.05, 3.63) is 62.5 Å². The number of imidazole rings is 1. The summed E-state index contributed by atoms with van der Waals surface area (Å²) < 4.78 is 39.9. The van der Waals surface area contributed by atoms with Crippen LogP contribution in [0.2, 0.25) is 0 Å². The Hall–Kier alpha value is -2.97. The molecule has 1 saturated heterocycles. The Morgan fingerprint density at radius 1 is 1.28 bits per heavy atom. The van der Waals surface area contributed by atoms with Crippen molar-refractivity contribution in [3.8, 4) is 0 Å². The zero-order valence-corrected chi connectivity index (χ0v) is 20.8. The molecule has 0 saturated carbocycles. The van der Waals surface area contributed by atoms with Crippen LogP contribution in [0.4, 0.5) is 23.8 Å². The van der Waals surface area contributed by atoms with Crippen molar-refractivity contribution in [3.63, 3.8) is 0 Å². The maximum atomic E-state index is 12.8. The van der Waals surface area contributed by atoms with Gasteiger partial charge in [-0.2, -0.15) is 13.2 Å². The van der Waals surface area contributed by atoms with Crippen molar-refractivity contribution >= 4 is 33.9 Å². The van der Waals surface area contributed by atoms with Crippen LogP contribution in [0, 0.1) is 10.1 Å². The molecule has 0 spiro atoms. The third kappa shape index (κ3) is 7.27. The molecule has 2 aromatic rings. The van der Waals surface area contributed by atoms with Crippen LogP contribution in [0.25, 0.3) is 6.08 Å². The smallest absolute Gasteiger partial charge is 0.416 e. The predicted molar refractivity (Wildman–Crippen MR) is 127 cm³/mol. The monoisotopic (exact) mass is 575 g/mol. The van der Waals surface area contributed by atoms with Crippen molar-refractivity contribution in [1.82, 2.24) is 19.4 Å². The van der Waals surface area contributed by atoms with Gasteiger partial charge in [-0.1, -0.05) is 24.3 Å². The molecule has 3 rings (SSSR count). The molecule has 196 valence electrons. The standard InChI is InChI=1S/C22H25BrF3N5O5/c1-21(34,14-30-12-18(31(35)36)27-19(30)23)13-29-10-9-28(20(32)33)11-17(29)4-2-3-15-5-7-16(8-6-15)22(24,25)26/h2-3,5-8,12,17,34H,4,9-11,13-14H2,1H3,(H,32,33)/t17?,21-/m0/s1. The Morgan fingerprint density at radius 3 is 2.50 bits per heavy atom. The summed E-state index contributed by atoms with van der Waals surface area (Å²) in [5.74, 6) is -0.362. The third-order valence-corrected chi connectivity index (χ3v) is 6.42. The molecule has 1 fully saturated rings. The Labute approximate surface area is 212 Å². The molecule has 1 unspecified atom stereocenters. The van der Waals surface area contributed by atoms with Crippen LogP contribution >= 0.6 is 15.9 Å². The molecular weight excluding hydrogens is 551 g/mol. The number of amides is 1. The largest absolute Gasteiger partial charge is 0.465 e. The first-order valence-electron chi connectivity index (χ1n) is 10.9. The molecule has 1 amide bonds. The number of nitro groups is 1. The van der Waals surface area contributed by atoms with Crippen molar-refractivity contribution in [2.24, 2.45) is 0 Å². The Bertz CT molecular complexity index is 1120. The molecule has 2 heterocycles. The van der Waals surface area contributed by atoms with Crippen molar-refractivity contribution in [2.45, 2.75) is 37.7 Å². The molecule has 1 aliphatic rings. The fourth-order valence-corrected chi connectivity index (χ4v) is 4.49. The molecule has 1 aromatic carbocycles. The van der Waals surface area contributed by atoms with Gasteiger partial charge in [0.05, 0.1) is 17.7 Å². The zero-order chi connectivity index (χ0) is 26.7. The van der Waals surface area contributed by atoms with Crippen LogP contribution in [0.5, 0.6) is 0 Å². The fraction of sp³-hybridized carbons (Fsp3) is 0.455. The minimum absolute atomic E-state index is 0.00167. The van der Waals surface area contributed by atoms with E-state index < -0.39 is 28.4 Å². The molecule has 0 radical (unpaired) electrons. The molecule has 14 heteroatoms. The Balaban J connectivity index is 1.70. The van der Waals surface area contributed by atoms with Crippen molar-refractivity contribution < 1.29 is 33.1 Å². The van der Waals surface area contributed by atoms with Crippen LogP contribution in [0.15, 0.2) is 41.3 Å². The average Bonchev–Trinajstić information content (AvgIpc) is 3.14. The van der Waals surface area contributed by atoms with E-state index in [-0.39, 0.29) is 42.8 Å². The highest BCUT2D eigenvalue weighted by Crippen LogP contribution is 2.29. The van der Waals surface area contributed by atoms with Crippen LogP contribution in [0.1, 0.15) is 24.5 Å². The first-order valence-corrected chi connectivity index (χ1v) is 11.7. The number of rotatable bonds is 8. The molecule has 10 nitrogen and oxygen atoms in total. The topological polar surface area (TPSA) is 125 Å². The van der Waals surface area contributed by atoms with E-state index in [2.05, 4.69) is 20.9 Å². The highest BCUT2D eigenvalue weighted by atomic mass is 79.9. The van der Waals surface area contributed by atoms with E-state index >= 15 is 0 Å². The van der Waals surface area contributed by atoms with Crippen LogP contribution in [0.3, 0.4) is 0 Å². The molecule has 36 heavy (non-hydrogen) atoms. The molecule has 1 aliphatic heterocycles. The van der Waals surface area contributed by atoms with E-state index in [4.69, 9.17) is 0 Å². The van der Waals surface area contributed by atoms with Crippen molar-refractivity contribution in [2.75, 3.05) is 26.2 Å². The van der Waals surface area contributed by atoms with Gasteiger partial charge >= 0.3 is 18.1 Å². The highest BCUT2D eigenvalue weighted by molar-refractivity contribution is 9.10. The second-order valence-electron chi connectivity index (χ2n) is 8.86. The fourth-order valence-electron chi connectivity index (χ4n) is 4.08. The summed E-state index contributed by atoms with van der Waals surface area (Å²) in [6.07, 6.45) is -0.451. The van der Waals surface area contributed by atoms with Gasteiger partial charge in [-0.25, -0.2) is 4.79 Å². The van der Waals surface area contributed by atoms with Gasteiger partial charge in [0.1, 0.15) is 6.20 Å². The van der Waals surface area contributed by atoms with Gasteiger partial charge in [-0.3, -0.25) is 9.47 Å². The summed E-state index contributed by atoms with van der Waals surface area (Å²) >= 11 is 3.15. The number of aromatic nitrogens is 2. The zero-order valence-electron chi connectivity index (χ0n) is 19.2. The second kappa shape index (κ2) is 11.0. The maximum absolute atomic E-state index is 12.8. The van der Waals surface area contributed by atoms with Gasteiger partial charge in [0.25, 0.3) is 4.73 Å². The average molecular weight is 576 g/mol. The first kappa shape index (κ1) is 27.6. The van der Waals surface area contributed by atoms with E-state index in [1.807, 2.05) is 4.90 Å². The van der Waals surface area contributed by atoms with Gasteiger partial charge in [0.15, 0.2) is 0 Å². The van der Waals surface area contributed by atoms with Crippen LogP contribution < -0.4 is 0 Å². The number of hydrogen-bond donors (Lipinski definition) is 2.